The Balaban J connectivity index is 1.51. The molecule has 2 aliphatic heterocycles. The van der Waals surface area contributed by atoms with E-state index in [-0.39, 0.29) is 5.41 Å². The number of hydrogen-bond donors (Lipinski definition) is 1. The van der Waals surface area contributed by atoms with Gasteiger partial charge < -0.3 is 24.4 Å². The van der Waals surface area contributed by atoms with Crippen molar-refractivity contribution in [2.24, 2.45) is 0 Å². The van der Waals surface area contributed by atoms with E-state index in [0.29, 0.717) is 17.2 Å². The summed E-state index contributed by atoms with van der Waals surface area (Å²) in [6.45, 7) is 2.86. The Morgan fingerprint density at radius 3 is 2.47 bits per heavy atom. The van der Waals surface area contributed by atoms with Crippen molar-refractivity contribution in [2.75, 3.05) is 51.2 Å². The van der Waals surface area contributed by atoms with Crippen molar-refractivity contribution < 1.29 is 14.2 Å². The molecule has 1 saturated heterocycles. The summed E-state index contributed by atoms with van der Waals surface area (Å²) in [5.74, 6) is 2.63. The van der Waals surface area contributed by atoms with Gasteiger partial charge in [-0.1, -0.05) is 18.2 Å². The van der Waals surface area contributed by atoms with Crippen LogP contribution in [0.4, 0.5) is 11.5 Å². The first-order valence-corrected chi connectivity index (χ1v) is 10.2. The number of nitrogens with zero attached hydrogens (tertiary/aromatic N) is 3. The normalized spacial score (nSPS) is 17.0. The molecule has 7 nitrogen and oxygen atoms in total. The van der Waals surface area contributed by atoms with Crippen LogP contribution in [0.1, 0.15) is 18.4 Å². The fourth-order valence-electron chi connectivity index (χ4n) is 4.95. The number of ether oxygens (including phenoxy) is 3. The number of nitrogens with one attached hydrogen (secondary N) is 1. The highest BCUT2D eigenvalue weighted by Gasteiger charge is 2.41. The largest absolute Gasteiger partial charge is 0.493 e. The quantitative estimate of drug-likeness (QED) is 0.710. The molecule has 2 aromatic carbocycles. The number of piperidine rings is 1. The lowest BCUT2D eigenvalue weighted by Crippen LogP contribution is -2.44. The minimum atomic E-state index is 0.203. The molecule has 1 aromatic heterocycles. The number of anilines is 2. The molecule has 3 heterocycles. The van der Waals surface area contributed by atoms with Crippen molar-refractivity contribution in [1.82, 2.24) is 9.97 Å². The molecule has 0 amide bonds. The number of rotatable bonds is 4. The van der Waals surface area contributed by atoms with Crippen LogP contribution >= 0.6 is 0 Å². The van der Waals surface area contributed by atoms with Crippen molar-refractivity contribution in [3.63, 3.8) is 0 Å². The second-order valence-electron chi connectivity index (χ2n) is 7.91. The lowest BCUT2D eigenvalue weighted by molar-refractivity contribution is 0.326. The van der Waals surface area contributed by atoms with Crippen molar-refractivity contribution in [1.29, 1.82) is 0 Å². The average Bonchev–Trinajstić information content (AvgIpc) is 3.16. The van der Waals surface area contributed by atoms with Crippen molar-refractivity contribution in [3.8, 4) is 17.2 Å². The van der Waals surface area contributed by atoms with Gasteiger partial charge in [0.15, 0.2) is 11.5 Å². The summed E-state index contributed by atoms with van der Waals surface area (Å²) in [6, 6.07) is 10.6. The molecule has 156 valence electrons. The molecule has 7 heteroatoms. The van der Waals surface area contributed by atoms with Crippen LogP contribution in [0.2, 0.25) is 0 Å². The topological polar surface area (TPSA) is 68.7 Å². The van der Waals surface area contributed by atoms with Crippen LogP contribution in [0.25, 0.3) is 10.9 Å². The Labute approximate surface area is 176 Å². The number of para-hydroxylation sites is 1. The van der Waals surface area contributed by atoms with Gasteiger partial charge in [0.2, 0.25) is 5.75 Å². The van der Waals surface area contributed by atoms with Crippen LogP contribution < -0.4 is 24.4 Å². The van der Waals surface area contributed by atoms with Gasteiger partial charge in [-0.3, -0.25) is 0 Å². The summed E-state index contributed by atoms with van der Waals surface area (Å²) in [6.07, 6.45) is 3.75. The Morgan fingerprint density at radius 2 is 1.73 bits per heavy atom. The highest BCUT2D eigenvalue weighted by molar-refractivity contribution is 5.97. The molecule has 3 aromatic rings. The first-order valence-electron chi connectivity index (χ1n) is 10.2. The van der Waals surface area contributed by atoms with Gasteiger partial charge in [-0.05, 0) is 30.5 Å². The summed E-state index contributed by atoms with van der Waals surface area (Å²) in [5.41, 5.74) is 3.66. The molecule has 0 atom stereocenters. The molecule has 0 radical (unpaired) electrons. The molecule has 1 N–H and O–H groups in total. The molecule has 30 heavy (non-hydrogen) atoms. The Bertz CT molecular complexity index is 1090. The zero-order chi connectivity index (χ0) is 20.7. The van der Waals surface area contributed by atoms with E-state index >= 15 is 0 Å². The maximum absolute atomic E-state index is 5.63. The third-order valence-corrected chi connectivity index (χ3v) is 6.55. The van der Waals surface area contributed by atoms with Crippen LogP contribution in [0.15, 0.2) is 36.7 Å². The number of methoxy groups -OCH3 is 3. The van der Waals surface area contributed by atoms with Gasteiger partial charge in [0.05, 0.1) is 26.7 Å². The Kier molecular flexibility index (Phi) is 4.53. The van der Waals surface area contributed by atoms with Crippen LogP contribution in [-0.2, 0) is 5.41 Å². The van der Waals surface area contributed by atoms with E-state index in [1.807, 2.05) is 6.07 Å². The van der Waals surface area contributed by atoms with Crippen LogP contribution in [0, 0.1) is 0 Å². The third-order valence-electron chi connectivity index (χ3n) is 6.55. The predicted octanol–water partition coefficient (Wildman–Crippen LogP) is 3.62. The molecular weight excluding hydrogens is 380 g/mol. The van der Waals surface area contributed by atoms with Gasteiger partial charge in [0.25, 0.3) is 0 Å². The summed E-state index contributed by atoms with van der Waals surface area (Å²) >= 11 is 0. The summed E-state index contributed by atoms with van der Waals surface area (Å²) in [7, 11) is 4.85. The molecule has 0 saturated carbocycles. The number of hydrogen-bond acceptors (Lipinski definition) is 7. The van der Waals surface area contributed by atoms with Gasteiger partial charge in [-0.2, -0.15) is 0 Å². The van der Waals surface area contributed by atoms with E-state index in [1.165, 1.54) is 11.3 Å². The number of aromatic nitrogens is 2. The highest BCUT2D eigenvalue weighted by Crippen LogP contribution is 2.47. The first kappa shape index (κ1) is 18.8. The minimum Gasteiger partial charge on any atom is -0.493 e. The third kappa shape index (κ3) is 2.72. The molecule has 0 unspecified atom stereocenters. The van der Waals surface area contributed by atoms with Crippen LogP contribution in [0.5, 0.6) is 17.2 Å². The zero-order valence-electron chi connectivity index (χ0n) is 17.6. The zero-order valence-corrected chi connectivity index (χ0v) is 17.6. The monoisotopic (exact) mass is 406 g/mol. The summed E-state index contributed by atoms with van der Waals surface area (Å²) in [5, 5.41) is 4.51. The molecule has 1 fully saturated rings. The van der Waals surface area contributed by atoms with E-state index in [9.17, 15) is 0 Å². The van der Waals surface area contributed by atoms with E-state index in [2.05, 4.69) is 44.5 Å². The second kappa shape index (κ2) is 7.23. The van der Waals surface area contributed by atoms with Crippen LogP contribution in [0.3, 0.4) is 0 Å². The number of fused-ring (bicyclic) bond motifs is 3. The van der Waals surface area contributed by atoms with Gasteiger partial charge in [-0.25, -0.2) is 9.97 Å². The summed E-state index contributed by atoms with van der Waals surface area (Å²) < 4.78 is 16.7. The smallest absolute Gasteiger partial charge is 0.205 e. The van der Waals surface area contributed by atoms with Crippen molar-refractivity contribution in [2.45, 2.75) is 18.3 Å². The minimum absolute atomic E-state index is 0.203. The highest BCUT2D eigenvalue weighted by atomic mass is 16.5. The molecule has 5 rings (SSSR count). The van der Waals surface area contributed by atoms with E-state index < -0.39 is 0 Å². The Hall–Kier alpha value is -3.22. The maximum atomic E-state index is 5.63. The molecule has 2 aliphatic rings. The first-order chi connectivity index (χ1) is 14.7. The van der Waals surface area contributed by atoms with E-state index in [1.54, 1.807) is 27.7 Å². The fourth-order valence-corrected chi connectivity index (χ4v) is 4.95. The molecule has 0 bridgehead atoms. The van der Waals surface area contributed by atoms with Crippen LogP contribution in [-0.4, -0.2) is 50.9 Å². The van der Waals surface area contributed by atoms with Crippen molar-refractivity contribution >= 4 is 22.4 Å². The van der Waals surface area contributed by atoms with E-state index in [0.717, 1.165) is 49.2 Å². The second-order valence-corrected chi connectivity index (χ2v) is 7.91. The van der Waals surface area contributed by atoms with Gasteiger partial charge in [0, 0.05) is 30.7 Å². The standard InChI is InChI=1S/C23H26N4O3/c1-28-18-12-15-19(21(30-3)20(18)29-2)25-14-26-22(15)27-10-8-23(9-11-27)13-24-17-7-5-4-6-16(17)23/h4-7,12,14,24H,8-11,13H2,1-3H3. The summed E-state index contributed by atoms with van der Waals surface area (Å²) in [4.78, 5) is 11.5. The molecule has 0 aliphatic carbocycles. The Morgan fingerprint density at radius 1 is 0.967 bits per heavy atom. The van der Waals surface area contributed by atoms with E-state index in [4.69, 9.17) is 14.2 Å². The van der Waals surface area contributed by atoms with Crippen molar-refractivity contribution in [3.05, 3.63) is 42.2 Å². The molecular formula is C23H26N4O3. The van der Waals surface area contributed by atoms with Gasteiger partial charge >= 0.3 is 0 Å². The lowest BCUT2D eigenvalue weighted by Gasteiger charge is -2.40. The average molecular weight is 406 g/mol. The van der Waals surface area contributed by atoms with Gasteiger partial charge in [-0.15, -0.1) is 0 Å². The fraction of sp³-hybridized carbons (Fsp3) is 0.391. The number of benzene rings is 2. The molecule has 1 spiro atoms. The van der Waals surface area contributed by atoms with Gasteiger partial charge in [0.1, 0.15) is 17.7 Å². The maximum Gasteiger partial charge on any atom is 0.205 e. The predicted molar refractivity (Wildman–Crippen MR) is 117 cm³/mol. The lowest BCUT2D eigenvalue weighted by atomic mass is 9.74. The SMILES string of the molecule is COc1cc2c(N3CCC4(CC3)CNc3ccccc34)ncnc2c(OC)c1OC.